The standard InChI is InChI=1S/C32H51N2O12P.6CH4/c1-10-12-18-43-29(38)32(6,22-30(3,4)27(36)26(35)24-13-15-25(16-14-24)33(39)40)23-31(5,11-2)28(37)44-20-21-46-47(41,42)45-19-17-34(7,8)9;;;;;;/h13-16H,10-12,17-23H2,1-9H3;6*1H4/p+1. The lowest BCUT2D eigenvalue weighted by molar-refractivity contribution is -0.870. The van der Waals surface area contributed by atoms with E-state index in [0.717, 1.165) is 18.6 Å². The number of carbonyl (C=O) groups is 4. The van der Waals surface area contributed by atoms with Gasteiger partial charge in [-0.3, -0.25) is 38.3 Å². The van der Waals surface area contributed by atoms with Crippen molar-refractivity contribution in [1.29, 1.82) is 0 Å². The summed E-state index contributed by atoms with van der Waals surface area (Å²) in [4.78, 5) is 73.9. The number of quaternary nitrogens is 1. The van der Waals surface area contributed by atoms with Crippen LogP contribution in [0.15, 0.2) is 24.3 Å². The average molecular weight is 784 g/mol. The zero-order valence-corrected chi connectivity index (χ0v) is 30.1. The number of benzene rings is 1. The molecule has 0 spiro atoms. The fraction of sp³-hybridized carbons (Fsp3) is 0.737. The molecular formula is C38H76N2O12P+. The number of likely N-dealkylation sites (N-methyl/N-ethyl adjacent to an activating group) is 1. The molecule has 1 aromatic rings. The number of ketones is 2. The second-order valence-corrected chi connectivity index (χ2v) is 15.4. The summed E-state index contributed by atoms with van der Waals surface area (Å²) in [5.74, 6) is -3.01. The molecule has 0 radical (unpaired) electrons. The number of nitrogens with zero attached hydrogens (tertiary/aromatic N) is 2. The molecule has 314 valence electrons. The first kappa shape index (κ1) is 62.0. The molecule has 14 nitrogen and oxygen atoms in total. The Bertz CT molecular complexity index is 1310. The second-order valence-electron chi connectivity index (χ2n) is 13.9. The SMILES string of the molecule is C.C.C.C.C.C.CCCCOC(=O)C(C)(CC(C)(C)C(=O)C(=O)c1ccc([N+](=O)[O-])cc1)CC(C)(CC)C(=O)OCCOP(=O)(O)OCC[N+](C)(C)C. The second kappa shape index (κ2) is 25.9. The van der Waals surface area contributed by atoms with Crippen LogP contribution in [0, 0.1) is 26.4 Å². The van der Waals surface area contributed by atoms with E-state index in [2.05, 4.69) is 0 Å². The summed E-state index contributed by atoms with van der Waals surface area (Å²) in [6, 6.07) is 4.66. The van der Waals surface area contributed by atoms with Crippen molar-refractivity contribution in [3.8, 4) is 0 Å². The summed E-state index contributed by atoms with van der Waals surface area (Å²) in [6.45, 7) is 9.69. The topological polar surface area (TPSA) is 186 Å². The van der Waals surface area contributed by atoms with Gasteiger partial charge in [-0.05, 0) is 51.7 Å². The zero-order valence-electron chi connectivity index (χ0n) is 29.2. The molecule has 0 saturated heterocycles. The summed E-state index contributed by atoms with van der Waals surface area (Å²) < 4.78 is 33.5. The highest BCUT2D eigenvalue weighted by atomic mass is 31.2. The number of ether oxygens (including phenoxy) is 2. The van der Waals surface area contributed by atoms with Gasteiger partial charge in [-0.1, -0.05) is 78.7 Å². The van der Waals surface area contributed by atoms with Gasteiger partial charge in [-0.25, -0.2) is 4.57 Å². The van der Waals surface area contributed by atoms with E-state index in [-0.39, 0.29) is 94.9 Å². The van der Waals surface area contributed by atoms with Crippen molar-refractivity contribution >= 4 is 37.0 Å². The number of unbranched alkanes of at least 4 members (excludes halogenated alkanes) is 1. The zero-order chi connectivity index (χ0) is 36.3. The van der Waals surface area contributed by atoms with Crippen LogP contribution >= 0.6 is 7.82 Å². The van der Waals surface area contributed by atoms with E-state index in [1.807, 2.05) is 28.1 Å². The highest BCUT2D eigenvalue weighted by Gasteiger charge is 2.50. The number of phosphoric ester groups is 1. The molecule has 0 aliphatic carbocycles. The molecule has 0 fully saturated rings. The Hall–Kier alpha value is -3.03. The summed E-state index contributed by atoms with van der Waals surface area (Å²) >= 11 is 0. The first-order valence-electron chi connectivity index (χ1n) is 15.6. The number of rotatable bonds is 22. The van der Waals surface area contributed by atoms with Gasteiger partial charge in [0.2, 0.25) is 11.6 Å². The van der Waals surface area contributed by atoms with Crippen LogP contribution in [0.2, 0.25) is 0 Å². The molecule has 3 atom stereocenters. The lowest BCUT2D eigenvalue weighted by Crippen LogP contribution is -2.45. The molecule has 0 aliphatic heterocycles. The van der Waals surface area contributed by atoms with E-state index in [1.54, 1.807) is 20.8 Å². The van der Waals surface area contributed by atoms with Gasteiger partial charge in [0.1, 0.15) is 19.8 Å². The minimum Gasteiger partial charge on any atom is -0.465 e. The molecule has 0 saturated carbocycles. The van der Waals surface area contributed by atoms with E-state index in [0.29, 0.717) is 17.4 Å². The Morgan fingerprint density at radius 1 is 0.774 bits per heavy atom. The molecule has 0 heterocycles. The number of Topliss-reactive ketones (excluding diaryl/α,β-unsaturated/α-hetero) is 2. The first-order valence-corrected chi connectivity index (χ1v) is 17.1. The number of esters is 2. The summed E-state index contributed by atoms with van der Waals surface area (Å²) in [5, 5.41) is 11.0. The Balaban J connectivity index is -0.000000920. The maximum absolute atomic E-state index is 13.6. The van der Waals surface area contributed by atoms with Gasteiger partial charge in [0, 0.05) is 23.1 Å². The van der Waals surface area contributed by atoms with Crippen molar-refractivity contribution < 1.29 is 56.6 Å². The Kier molecular flexibility index (Phi) is 30.3. The molecule has 15 heteroatoms. The van der Waals surface area contributed by atoms with Crippen LogP contribution in [0.1, 0.15) is 129 Å². The monoisotopic (exact) mass is 784 g/mol. The Labute approximate surface area is 321 Å². The molecule has 0 aromatic heterocycles. The van der Waals surface area contributed by atoms with E-state index >= 15 is 0 Å². The number of hydrogen-bond donors (Lipinski definition) is 1. The van der Waals surface area contributed by atoms with Crippen molar-refractivity contribution in [3.05, 3.63) is 39.9 Å². The molecule has 1 aromatic carbocycles. The van der Waals surface area contributed by atoms with E-state index in [1.165, 1.54) is 26.0 Å². The number of phosphoric acid groups is 1. The van der Waals surface area contributed by atoms with Crippen molar-refractivity contribution in [2.45, 2.75) is 118 Å². The minimum absolute atomic E-state index is 0. The van der Waals surface area contributed by atoms with Crippen molar-refractivity contribution in [2.24, 2.45) is 16.2 Å². The normalized spacial score (nSPS) is 14.1. The van der Waals surface area contributed by atoms with Crippen molar-refractivity contribution in [2.75, 3.05) is 54.1 Å². The van der Waals surface area contributed by atoms with Crippen LogP contribution in [-0.4, -0.2) is 91.9 Å². The minimum atomic E-state index is -4.37. The average Bonchev–Trinajstić information content (AvgIpc) is 2.97. The van der Waals surface area contributed by atoms with Gasteiger partial charge >= 0.3 is 19.8 Å². The number of nitro groups is 1. The molecule has 0 aliphatic rings. The lowest BCUT2D eigenvalue weighted by atomic mass is 9.63. The highest BCUT2D eigenvalue weighted by Crippen LogP contribution is 2.46. The van der Waals surface area contributed by atoms with Gasteiger partial charge in [-0.15, -0.1) is 0 Å². The Morgan fingerprint density at radius 2 is 1.25 bits per heavy atom. The van der Waals surface area contributed by atoms with Gasteiger partial charge in [0.05, 0.1) is 50.1 Å². The number of nitro benzene ring substituents is 1. The molecule has 0 amide bonds. The first-order chi connectivity index (χ1) is 21.5. The summed E-state index contributed by atoms with van der Waals surface area (Å²) in [7, 11) is 1.32. The maximum Gasteiger partial charge on any atom is 0.472 e. The number of non-ortho nitro benzene ring substituents is 1. The highest BCUT2D eigenvalue weighted by molar-refractivity contribution is 7.47. The number of carbonyl (C=O) groups excluding carboxylic acids is 4. The van der Waals surface area contributed by atoms with Crippen LogP contribution in [0.5, 0.6) is 0 Å². The number of hydrogen-bond acceptors (Lipinski definition) is 11. The van der Waals surface area contributed by atoms with Crippen LogP contribution in [0.4, 0.5) is 5.69 Å². The maximum atomic E-state index is 13.6. The molecule has 53 heavy (non-hydrogen) atoms. The van der Waals surface area contributed by atoms with E-state index in [4.69, 9.17) is 18.5 Å². The quantitative estimate of drug-likeness (QED) is 0.0172. The smallest absolute Gasteiger partial charge is 0.465 e. The fourth-order valence-corrected chi connectivity index (χ4v) is 5.74. The van der Waals surface area contributed by atoms with E-state index < -0.39 is 59.1 Å². The summed E-state index contributed by atoms with van der Waals surface area (Å²) in [6.07, 6.45) is 1.33. The van der Waals surface area contributed by atoms with Crippen LogP contribution in [0.25, 0.3) is 0 Å². The van der Waals surface area contributed by atoms with Gasteiger partial charge < -0.3 is 18.9 Å². The van der Waals surface area contributed by atoms with Crippen LogP contribution in [0.3, 0.4) is 0 Å². The molecular weight excluding hydrogens is 707 g/mol. The molecule has 1 N–H and O–H groups in total. The third kappa shape index (κ3) is 20.3. The molecule has 3 unspecified atom stereocenters. The van der Waals surface area contributed by atoms with Crippen LogP contribution < -0.4 is 0 Å². The predicted octanol–water partition coefficient (Wildman–Crippen LogP) is 9.12. The van der Waals surface area contributed by atoms with Crippen molar-refractivity contribution in [1.82, 2.24) is 0 Å². The third-order valence-corrected chi connectivity index (χ3v) is 8.88. The predicted molar refractivity (Wildman–Crippen MR) is 214 cm³/mol. The van der Waals surface area contributed by atoms with Crippen molar-refractivity contribution in [3.63, 3.8) is 0 Å². The van der Waals surface area contributed by atoms with Gasteiger partial charge in [0.15, 0.2) is 0 Å². The van der Waals surface area contributed by atoms with E-state index in [9.17, 15) is 38.8 Å². The van der Waals surface area contributed by atoms with Gasteiger partial charge in [0.25, 0.3) is 5.69 Å². The molecule has 0 bridgehead atoms. The largest absolute Gasteiger partial charge is 0.472 e. The van der Waals surface area contributed by atoms with Gasteiger partial charge in [-0.2, -0.15) is 0 Å². The summed E-state index contributed by atoms with van der Waals surface area (Å²) in [5.41, 5.74) is -4.36. The lowest BCUT2D eigenvalue weighted by Gasteiger charge is -2.39. The Morgan fingerprint density at radius 3 is 1.70 bits per heavy atom. The third-order valence-electron chi connectivity index (χ3n) is 7.86. The molecule has 1 rings (SSSR count). The fourth-order valence-electron chi connectivity index (χ4n) is 5.05. The van der Waals surface area contributed by atoms with Crippen LogP contribution in [-0.2, 0) is 37.5 Å².